The van der Waals surface area contributed by atoms with Gasteiger partial charge < -0.3 is 5.32 Å². The second kappa shape index (κ2) is 5.93. The van der Waals surface area contributed by atoms with E-state index in [-0.39, 0.29) is 12.5 Å². The number of nitrogens with zero attached hydrogens (tertiary/aromatic N) is 2. The maximum Gasteiger partial charge on any atom is 0.325 e. The first-order valence-corrected chi connectivity index (χ1v) is 9.33. The van der Waals surface area contributed by atoms with Gasteiger partial charge in [0.05, 0.1) is 16.8 Å². The lowest BCUT2D eigenvalue weighted by atomic mass is 9.92. The molecule has 1 saturated heterocycles. The van der Waals surface area contributed by atoms with E-state index in [1.54, 1.807) is 6.92 Å². The van der Waals surface area contributed by atoms with Gasteiger partial charge in [0.15, 0.2) is 0 Å². The van der Waals surface area contributed by atoms with Gasteiger partial charge in [-0.25, -0.2) is 9.78 Å². The van der Waals surface area contributed by atoms with Crippen LogP contribution in [-0.4, -0.2) is 21.8 Å². The van der Waals surface area contributed by atoms with E-state index in [0.29, 0.717) is 0 Å². The molecule has 4 rings (SSSR count). The van der Waals surface area contributed by atoms with Crippen LogP contribution in [0.15, 0.2) is 53.0 Å². The van der Waals surface area contributed by atoms with Gasteiger partial charge in [-0.3, -0.25) is 9.69 Å². The molecule has 2 heterocycles. The number of nitrogens with one attached hydrogen (secondary N) is 1. The van der Waals surface area contributed by atoms with Crippen molar-refractivity contribution in [3.8, 4) is 0 Å². The molecule has 0 spiro atoms. The van der Waals surface area contributed by atoms with Crippen LogP contribution in [0.5, 0.6) is 0 Å². The third-order valence-electron chi connectivity index (χ3n) is 4.32. The average molecular weight is 416 g/mol. The summed E-state index contributed by atoms with van der Waals surface area (Å²) >= 11 is 4.96. The minimum absolute atomic E-state index is 0.171. The maximum atomic E-state index is 13.0. The Morgan fingerprint density at radius 2 is 1.88 bits per heavy atom. The normalized spacial score (nSPS) is 20.3. The number of para-hydroxylation sites is 1. The molecule has 1 aliphatic heterocycles. The summed E-state index contributed by atoms with van der Waals surface area (Å²) in [7, 11) is 0. The number of aromatic nitrogens is 1. The topological polar surface area (TPSA) is 62.3 Å². The molecule has 1 atom stereocenters. The third-order valence-corrected chi connectivity index (χ3v) is 6.03. The molecule has 126 valence electrons. The predicted molar refractivity (Wildman–Crippen MR) is 100 cm³/mol. The van der Waals surface area contributed by atoms with Crippen molar-refractivity contribution in [2.45, 2.75) is 19.0 Å². The number of fused-ring (bicyclic) bond motifs is 1. The van der Waals surface area contributed by atoms with E-state index in [9.17, 15) is 9.59 Å². The Bertz CT molecular complexity index is 970. The molecule has 7 heteroatoms. The van der Waals surface area contributed by atoms with Crippen LogP contribution in [0.3, 0.4) is 0 Å². The summed E-state index contributed by atoms with van der Waals surface area (Å²) in [6.07, 6.45) is 0. The predicted octanol–water partition coefficient (Wildman–Crippen LogP) is 4.03. The first kappa shape index (κ1) is 16.2. The van der Waals surface area contributed by atoms with Crippen LogP contribution in [-0.2, 0) is 16.9 Å². The molecule has 2 aromatic carbocycles. The Hall–Kier alpha value is -2.25. The first-order valence-electron chi connectivity index (χ1n) is 7.72. The Kier molecular flexibility index (Phi) is 3.85. The molecule has 25 heavy (non-hydrogen) atoms. The van der Waals surface area contributed by atoms with E-state index in [4.69, 9.17) is 0 Å². The van der Waals surface area contributed by atoms with Crippen LogP contribution < -0.4 is 5.32 Å². The second-order valence-corrected chi connectivity index (χ2v) is 7.97. The van der Waals surface area contributed by atoms with Gasteiger partial charge in [0, 0.05) is 10.0 Å². The highest BCUT2D eigenvalue weighted by Crippen LogP contribution is 2.34. The largest absolute Gasteiger partial charge is 0.325 e. The summed E-state index contributed by atoms with van der Waals surface area (Å²) in [6.45, 7) is 1.90. The summed E-state index contributed by atoms with van der Waals surface area (Å²) in [5.74, 6) is -0.274. The molecule has 1 N–H and O–H groups in total. The van der Waals surface area contributed by atoms with E-state index in [2.05, 4.69) is 26.2 Å². The van der Waals surface area contributed by atoms with Crippen LogP contribution in [0.1, 0.15) is 17.5 Å². The minimum Gasteiger partial charge on any atom is -0.319 e. The number of rotatable bonds is 3. The van der Waals surface area contributed by atoms with Crippen molar-refractivity contribution in [2.75, 3.05) is 0 Å². The lowest BCUT2D eigenvalue weighted by Crippen LogP contribution is -2.41. The minimum atomic E-state index is -1.09. The number of halogens is 1. The zero-order chi connectivity index (χ0) is 17.6. The number of imide groups is 1. The lowest BCUT2D eigenvalue weighted by molar-refractivity contribution is -0.131. The van der Waals surface area contributed by atoms with Gasteiger partial charge in [-0.15, -0.1) is 11.3 Å². The number of carbonyl (C=O) groups excluding carboxylic acids is 2. The highest BCUT2D eigenvalue weighted by atomic mass is 79.9. The Morgan fingerprint density at radius 3 is 2.64 bits per heavy atom. The van der Waals surface area contributed by atoms with Crippen molar-refractivity contribution >= 4 is 49.4 Å². The summed E-state index contributed by atoms with van der Waals surface area (Å²) in [5.41, 5.74) is 0.525. The smallest absolute Gasteiger partial charge is 0.319 e. The van der Waals surface area contributed by atoms with Crippen molar-refractivity contribution in [2.24, 2.45) is 0 Å². The van der Waals surface area contributed by atoms with Gasteiger partial charge >= 0.3 is 6.03 Å². The maximum absolute atomic E-state index is 13.0. The molecule has 3 amide bonds. The van der Waals surface area contributed by atoms with Crippen LogP contribution in [0.2, 0.25) is 0 Å². The van der Waals surface area contributed by atoms with Crippen LogP contribution >= 0.6 is 27.3 Å². The van der Waals surface area contributed by atoms with Gasteiger partial charge in [0.2, 0.25) is 0 Å². The van der Waals surface area contributed by atoms with Crippen LogP contribution in [0.25, 0.3) is 10.2 Å². The number of amides is 3. The zero-order valence-corrected chi connectivity index (χ0v) is 15.7. The Morgan fingerprint density at radius 1 is 1.16 bits per heavy atom. The molecule has 0 bridgehead atoms. The van der Waals surface area contributed by atoms with Crippen LogP contribution in [0, 0.1) is 0 Å². The highest BCUT2D eigenvalue weighted by Gasteiger charge is 2.49. The number of urea groups is 1. The van der Waals surface area contributed by atoms with Crippen molar-refractivity contribution in [3.63, 3.8) is 0 Å². The average Bonchev–Trinajstić information content (AvgIpc) is 3.10. The molecule has 0 unspecified atom stereocenters. The molecule has 1 aromatic heterocycles. The van der Waals surface area contributed by atoms with E-state index in [0.717, 1.165) is 25.3 Å². The van der Waals surface area contributed by atoms with E-state index in [1.165, 1.54) is 16.2 Å². The van der Waals surface area contributed by atoms with Gasteiger partial charge in [-0.2, -0.15) is 0 Å². The monoisotopic (exact) mass is 415 g/mol. The number of carbonyl (C=O) groups is 2. The Labute approximate surface area is 156 Å². The van der Waals surface area contributed by atoms with E-state index < -0.39 is 11.6 Å². The zero-order valence-electron chi connectivity index (χ0n) is 13.3. The molecule has 1 aliphatic rings. The SMILES string of the molecule is C[C@]1(c2ccccc2Br)NC(=O)N(Cc2nc3ccccc3s2)C1=O. The molecule has 1 fully saturated rings. The van der Waals surface area contributed by atoms with Crippen molar-refractivity contribution in [3.05, 3.63) is 63.6 Å². The lowest BCUT2D eigenvalue weighted by Gasteiger charge is -2.23. The molecular weight excluding hydrogens is 402 g/mol. The van der Waals surface area contributed by atoms with E-state index >= 15 is 0 Å². The van der Waals surface area contributed by atoms with Gasteiger partial charge in [0.1, 0.15) is 10.5 Å². The van der Waals surface area contributed by atoms with E-state index in [1.807, 2.05) is 48.5 Å². The number of benzene rings is 2. The fourth-order valence-corrected chi connectivity index (χ4v) is 4.65. The highest BCUT2D eigenvalue weighted by molar-refractivity contribution is 9.10. The number of hydrogen-bond acceptors (Lipinski definition) is 4. The molecular formula is C18H14BrN3O2S. The molecule has 0 aliphatic carbocycles. The van der Waals surface area contributed by atoms with Crippen molar-refractivity contribution in [1.82, 2.24) is 15.2 Å². The summed E-state index contributed by atoms with van der Waals surface area (Å²) in [6, 6.07) is 14.8. The van der Waals surface area contributed by atoms with Crippen LogP contribution in [0.4, 0.5) is 4.79 Å². The summed E-state index contributed by atoms with van der Waals surface area (Å²) in [5, 5.41) is 3.56. The number of hydrogen-bond donors (Lipinski definition) is 1. The van der Waals surface area contributed by atoms with Gasteiger partial charge in [-0.1, -0.05) is 46.3 Å². The summed E-state index contributed by atoms with van der Waals surface area (Å²) in [4.78, 5) is 31.2. The second-order valence-electron chi connectivity index (χ2n) is 6.00. The third kappa shape index (κ3) is 2.63. The van der Waals surface area contributed by atoms with Gasteiger partial charge in [0.25, 0.3) is 5.91 Å². The van der Waals surface area contributed by atoms with Crippen molar-refractivity contribution in [1.29, 1.82) is 0 Å². The Balaban J connectivity index is 1.66. The fraction of sp³-hybridized carbons (Fsp3) is 0.167. The molecule has 5 nitrogen and oxygen atoms in total. The standard InChI is InChI=1S/C18H14BrN3O2S/c1-18(11-6-2-3-7-12(11)19)16(23)22(17(24)21-18)10-15-20-13-8-4-5-9-14(13)25-15/h2-9H,10H2,1H3,(H,21,24)/t18-/m1/s1. The fourth-order valence-electron chi connectivity index (χ4n) is 3.01. The van der Waals surface area contributed by atoms with Crippen molar-refractivity contribution < 1.29 is 9.59 Å². The van der Waals surface area contributed by atoms with Gasteiger partial charge in [-0.05, 0) is 25.1 Å². The molecule has 0 radical (unpaired) electrons. The first-order chi connectivity index (χ1) is 12.0. The summed E-state index contributed by atoms with van der Waals surface area (Å²) < 4.78 is 1.83. The molecule has 0 saturated carbocycles. The quantitative estimate of drug-likeness (QED) is 0.656. The molecule has 3 aromatic rings. The number of thiazole rings is 1.